The molecule has 24 heavy (non-hydrogen) atoms. The molecule has 1 aromatic carbocycles. The highest BCUT2D eigenvalue weighted by atomic mass is 127. The first-order valence-electron chi connectivity index (χ1n) is 7.69. The second kappa shape index (κ2) is 12.3. The first-order valence-corrected chi connectivity index (χ1v) is 7.69. The van der Waals surface area contributed by atoms with Gasteiger partial charge in [-0.1, -0.05) is 31.2 Å². The van der Waals surface area contributed by atoms with Crippen molar-refractivity contribution in [3.63, 3.8) is 0 Å². The van der Waals surface area contributed by atoms with E-state index in [-0.39, 0.29) is 30.6 Å². The van der Waals surface area contributed by atoms with Gasteiger partial charge in [-0.15, -0.1) is 24.0 Å². The molecule has 0 aliphatic carbocycles. The predicted octanol–water partition coefficient (Wildman–Crippen LogP) is 3.85. The van der Waals surface area contributed by atoms with Crippen LogP contribution in [0.25, 0.3) is 0 Å². The maximum atomic E-state index is 12.1. The lowest BCUT2D eigenvalue weighted by Gasteiger charge is -2.11. The minimum absolute atomic E-state index is 0. The van der Waals surface area contributed by atoms with Crippen molar-refractivity contribution in [2.45, 2.75) is 39.6 Å². The molecule has 0 aliphatic heterocycles. The molecule has 0 saturated heterocycles. The number of rotatable bonds is 8. The zero-order valence-corrected chi connectivity index (χ0v) is 16.3. The second-order valence-corrected chi connectivity index (χ2v) is 5.05. The molecule has 0 bridgehead atoms. The van der Waals surface area contributed by atoms with Crippen molar-refractivity contribution in [1.29, 1.82) is 0 Å². The molecule has 8 heteroatoms. The third-order valence-electron chi connectivity index (χ3n) is 2.83. The highest BCUT2D eigenvalue weighted by molar-refractivity contribution is 14.0. The summed E-state index contributed by atoms with van der Waals surface area (Å²) in [5.41, 5.74) is 1.63. The summed E-state index contributed by atoms with van der Waals surface area (Å²) in [6.07, 6.45) is -3.30. The normalized spacial score (nSPS) is 11.8. The Hall–Kier alpha value is -1.03. The van der Waals surface area contributed by atoms with E-state index in [2.05, 4.69) is 27.3 Å². The molecule has 0 spiro atoms. The van der Waals surface area contributed by atoms with Gasteiger partial charge in [-0.3, -0.25) is 0 Å². The molecule has 1 rings (SSSR count). The van der Waals surface area contributed by atoms with E-state index >= 15 is 0 Å². The highest BCUT2D eigenvalue weighted by Gasteiger charge is 2.27. The molecule has 138 valence electrons. The number of hydrogen-bond acceptors (Lipinski definition) is 2. The largest absolute Gasteiger partial charge is 0.411 e. The van der Waals surface area contributed by atoms with Gasteiger partial charge in [-0.05, 0) is 24.5 Å². The van der Waals surface area contributed by atoms with Crippen LogP contribution in [0.1, 0.15) is 31.4 Å². The summed E-state index contributed by atoms with van der Waals surface area (Å²) in [5.74, 6) is 0.730. The molecule has 0 heterocycles. The van der Waals surface area contributed by atoms with Crippen LogP contribution in [-0.2, 0) is 17.9 Å². The van der Waals surface area contributed by atoms with Gasteiger partial charge in [0.1, 0.15) is 6.61 Å². The molecular formula is C16H25F3IN3O. The average molecular weight is 459 g/mol. The van der Waals surface area contributed by atoms with Crippen LogP contribution in [0.2, 0.25) is 0 Å². The Bertz CT molecular complexity index is 496. The molecule has 0 aromatic heterocycles. The third kappa shape index (κ3) is 10.7. The maximum Gasteiger partial charge on any atom is 0.411 e. The minimum Gasteiger partial charge on any atom is -0.367 e. The number of halogens is 4. The van der Waals surface area contributed by atoms with Gasteiger partial charge < -0.3 is 15.4 Å². The van der Waals surface area contributed by atoms with Crippen molar-refractivity contribution in [2.24, 2.45) is 4.99 Å². The lowest BCUT2D eigenvalue weighted by atomic mass is 10.1. The van der Waals surface area contributed by atoms with E-state index in [1.807, 2.05) is 19.1 Å². The van der Waals surface area contributed by atoms with Gasteiger partial charge in [-0.2, -0.15) is 13.2 Å². The molecule has 0 unspecified atom stereocenters. The van der Waals surface area contributed by atoms with Crippen molar-refractivity contribution in [3.05, 3.63) is 35.4 Å². The van der Waals surface area contributed by atoms with Gasteiger partial charge in [0.05, 0.1) is 13.2 Å². The molecule has 0 amide bonds. The van der Waals surface area contributed by atoms with Crippen molar-refractivity contribution in [3.8, 4) is 0 Å². The number of nitrogens with one attached hydrogen (secondary N) is 2. The Kier molecular flexibility index (Phi) is 11.8. The second-order valence-electron chi connectivity index (χ2n) is 5.05. The van der Waals surface area contributed by atoms with Gasteiger partial charge in [-0.25, -0.2) is 4.99 Å². The summed E-state index contributed by atoms with van der Waals surface area (Å²) in [6.45, 7) is 4.80. The standard InChI is InChI=1S/C16H24F3N3O.HI/c1-3-8-21-15(20-4-2)22-10-13-6-5-7-14(9-13)11-23-12-16(17,18)19;/h5-7,9H,3-4,8,10-12H2,1-2H3,(H2,20,21,22);1H. The van der Waals surface area contributed by atoms with Crippen molar-refractivity contribution in [2.75, 3.05) is 19.7 Å². The van der Waals surface area contributed by atoms with Gasteiger partial charge in [0.2, 0.25) is 0 Å². The van der Waals surface area contributed by atoms with Crippen LogP contribution < -0.4 is 10.6 Å². The van der Waals surface area contributed by atoms with Crippen LogP contribution in [0.15, 0.2) is 29.3 Å². The van der Waals surface area contributed by atoms with E-state index in [0.29, 0.717) is 12.1 Å². The van der Waals surface area contributed by atoms with Gasteiger partial charge in [0.25, 0.3) is 0 Å². The van der Waals surface area contributed by atoms with Crippen LogP contribution in [0.4, 0.5) is 13.2 Å². The summed E-state index contributed by atoms with van der Waals surface area (Å²) in [6, 6.07) is 7.23. The maximum absolute atomic E-state index is 12.1. The number of guanidine groups is 1. The number of aliphatic imine (C=N–C) groups is 1. The lowest BCUT2D eigenvalue weighted by molar-refractivity contribution is -0.176. The van der Waals surface area contributed by atoms with E-state index in [1.54, 1.807) is 12.1 Å². The fraction of sp³-hybridized carbons (Fsp3) is 0.562. The summed E-state index contributed by atoms with van der Waals surface area (Å²) in [5, 5.41) is 6.34. The molecule has 0 atom stereocenters. The molecule has 0 fully saturated rings. The Morgan fingerprint density at radius 1 is 1.17 bits per heavy atom. The zero-order chi connectivity index (χ0) is 17.1. The molecule has 4 nitrogen and oxygen atoms in total. The smallest absolute Gasteiger partial charge is 0.367 e. The van der Waals surface area contributed by atoms with Gasteiger partial charge in [0.15, 0.2) is 5.96 Å². The summed E-state index contributed by atoms with van der Waals surface area (Å²) in [7, 11) is 0. The molecule has 0 saturated carbocycles. The number of ether oxygens (including phenoxy) is 1. The van der Waals surface area contributed by atoms with Crippen molar-refractivity contribution in [1.82, 2.24) is 10.6 Å². The first-order chi connectivity index (χ1) is 10.9. The molecule has 2 N–H and O–H groups in total. The third-order valence-corrected chi connectivity index (χ3v) is 2.83. The van der Waals surface area contributed by atoms with E-state index in [4.69, 9.17) is 0 Å². The monoisotopic (exact) mass is 459 g/mol. The summed E-state index contributed by atoms with van der Waals surface area (Å²) >= 11 is 0. The predicted molar refractivity (Wildman–Crippen MR) is 101 cm³/mol. The number of hydrogen-bond donors (Lipinski definition) is 2. The van der Waals surface area contributed by atoms with E-state index in [1.165, 1.54) is 0 Å². The summed E-state index contributed by atoms with van der Waals surface area (Å²) < 4.78 is 40.9. The fourth-order valence-corrected chi connectivity index (χ4v) is 1.86. The van der Waals surface area contributed by atoms with E-state index < -0.39 is 12.8 Å². The zero-order valence-electron chi connectivity index (χ0n) is 13.9. The van der Waals surface area contributed by atoms with Crippen LogP contribution in [0, 0.1) is 0 Å². The average Bonchev–Trinajstić information content (AvgIpc) is 2.49. The van der Waals surface area contributed by atoms with Gasteiger partial charge >= 0.3 is 6.18 Å². The molecule has 0 radical (unpaired) electrons. The van der Waals surface area contributed by atoms with E-state index in [9.17, 15) is 13.2 Å². The molecular weight excluding hydrogens is 434 g/mol. The first kappa shape index (κ1) is 23.0. The lowest BCUT2D eigenvalue weighted by Crippen LogP contribution is -2.37. The van der Waals surface area contributed by atoms with Gasteiger partial charge in [0, 0.05) is 13.1 Å². The number of nitrogens with zero attached hydrogens (tertiary/aromatic N) is 1. The Labute approximate surface area is 158 Å². The fourth-order valence-electron chi connectivity index (χ4n) is 1.86. The highest BCUT2D eigenvalue weighted by Crippen LogP contribution is 2.16. The topological polar surface area (TPSA) is 45.7 Å². The van der Waals surface area contributed by atoms with Crippen LogP contribution in [0.5, 0.6) is 0 Å². The molecule has 0 aliphatic rings. The number of benzene rings is 1. The Morgan fingerprint density at radius 2 is 1.88 bits per heavy atom. The molecule has 1 aromatic rings. The van der Waals surface area contributed by atoms with Crippen LogP contribution >= 0.6 is 24.0 Å². The Morgan fingerprint density at radius 3 is 2.50 bits per heavy atom. The number of alkyl halides is 3. The van der Waals surface area contributed by atoms with Crippen LogP contribution in [0.3, 0.4) is 0 Å². The quantitative estimate of drug-likeness (QED) is 0.353. The van der Waals surface area contributed by atoms with E-state index in [0.717, 1.165) is 31.0 Å². The van der Waals surface area contributed by atoms with Crippen LogP contribution in [-0.4, -0.2) is 31.8 Å². The van der Waals surface area contributed by atoms with Crippen molar-refractivity contribution >= 4 is 29.9 Å². The van der Waals surface area contributed by atoms with Crippen molar-refractivity contribution < 1.29 is 17.9 Å². The SMILES string of the molecule is CCCNC(=NCc1cccc(COCC(F)(F)F)c1)NCC.I. The Balaban J connectivity index is 0.00000529. The summed E-state index contributed by atoms with van der Waals surface area (Å²) in [4.78, 5) is 4.46. The minimum atomic E-state index is -4.30.